The summed E-state index contributed by atoms with van der Waals surface area (Å²) in [6.07, 6.45) is 9.82. The molecule has 0 amide bonds. The molecule has 0 bridgehead atoms. The van der Waals surface area contributed by atoms with Crippen molar-refractivity contribution in [3.05, 3.63) is 41.5 Å². The Bertz CT molecular complexity index is 314. The Morgan fingerprint density at radius 1 is 1.06 bits per heavy atom. The summed E-state index contributed by atoms with van der Waals surface area (Å²) in [7, 11) is 0. The molecule has 0 aliphatic heterocycles. The van der Waals surface area contributed by atoms with Gasteiger partial charge in [0.05, 0.1) is 0 Å². The third-order valence-corrected chi connectivity index (χ3v) is 2.99. The Kier molecular flexibility index (Phi) is 7.40. The predicted octanol–water partition coefficient (Wildman–Crippen LogP) is 4.39. The van der Waals surface area contributed by atoms with E-state index in [1.165, 1.54) is 43.2 Å². The first-order valence-electron chi connectivity index (χ1n) is 6.81. The van der Waals surface area contributed by atoms with Gasteiger partial charge in [-0.1, -0.05) is 68.2 Å². The van der Waals surface area contributed by atoms with E-state index in [4.69, 9.17) is 5.73 Å². The quantitative estimate of drug-likeness (QED) is 0.660. The van der Waals surface area contributed by atoms with E-state index in [-0.39, 0.29) is 0 Å². The van der Waals surface area contributed by atoms with Crippen molar-refractivity contribution in [1.82, 2.24) is 0 Å². The number of hydrogen-bond acceptors (Lipinski definition) is 1. The van der Waals surface area contributed by atoms with Crippen LogP contribution in [0.3, 0.4) is 0 Å². The van der Waals surface area contributed by atoms with Gasteiger partial charge in [0.15, 0.2) is 0 Å². The molecule has 1 nitrogen and oxygen atoms in total. The summed E-state index contributed by atoms with van der Waals surface area (Å²) in [5.41, 5.74) is 8.47. The third kappa shape index (κ3) is 6.28. The maximum atomic E-state index is 5.67. The van der Waals surface area contributed by atoms with Crippen LogP contribution in [0.25, 0.3) is 6.08 Å². The van der Waals surface area contributed by atoms with E-state index >= 15 is 0 Å². The molecule has 17 heavy (non-hydrogen) atoms. The topological polar surface area (TPSA) is 26.0 Å². The zero-order valence-electron chi connectivity index (χ0n) is 11.0. The molecular formula is C16H25N. The van der Waals surface area contributed by atoms with Crippen LogP contribution in [0.1, 0.15) is 51.0 Å². The molecule has 0 radical (unpaired) electrons. The zero-order chi connectivity index (χ0) is 12.3. The van der Waals surface area contributed by atoms with Gasteiger partial charge in [-0.05, 0) is 31.4 Å². The molecule has 1 aromatic carbocycles. The van der Waals surface area contributed by atoms with Gasteiger partial charge in [0.2, 0.25) is 0 Å². The highest BCUT2D eigenvalue weighted by atomic mass is 14.5. The summed E-state index contributed by atoms with van der Waals surface area (Å²) in [6.45, 7) is 3.01. The van der Waals surface area contributed by atoms with E-state index in [0.29, 0.717) is 0 Å². The number of hydrogen-bond donors (Lipinski definition) is 1. The van der Waals surface area contributed by atoms with Crippen LogP contribution in [0.15, 0.2) is 35.9 Å². The van der Waals surface area contributed by atoms with Gasteiger partial charge < -0.3 is 5.73 Å². The van der Waals surface area contributed by atoms with Crippen molar-refractivity contribution in [3.8, 4) is 0 Å². The number of unbranched alkanes of at least 4 members (excludes halogenated alkanes) is 3. The second-order valence-electron chi connectivity index (χ2n) is 4.56. The molecule has 0 aliphatic rings. The molecule has 2 N–H and O–H groups in total. The van der Waals surface area contributed by atoms with Crippen molar-refractivity contribution in [2.45, 2.75) is 45.4 Å². The summed E-state index contributed by atoms with van der Waals surface area (Å²) in [5.74, 6) is 0. The fourth-order valence-corrected chi connectivity index (χ4v) is 2.02. The first-order chi connectivity index (χ1) is 8.36. The van der Waals surface area contributed by atoms with Crippen molar-refractivity contribution >= 4 is 6.08 Å². The number of nitrogens with two attached hydrogens (primary N) is 1. The largest absolute Gasteiger partial charge is 0.330 e. The van der Waals surface area contributed by atoms with Gasteiger partial charge >= 0.3 is 0 Å². The van der Waals surface area contributed by atoms with Crippen molar-refractivity contribution < 1.29 is 0 Å². The highest BCUT2D eigenvalue weighted by molar-refractivity contribution is 5.52. The second-order valence-corrected chi connectivity index (χ2v) is 4.56. The van der Waals surface area contributed by atoms with Crippen molar-refractivity contribution in [3.63, 3.8) is 0 Å². The van der Waals surface area contributed by atoms with E-state index < -0.39 is 0 Å². The summed E-state index contributed by atoms with van der Waals surface area (Å²) in [5, 5.41) is 0. The first kappa shape index (κ1) is 14.0. The molecule has 0 aliphatic carbocycles. The van der Waals surface area contributed by atoms with Crippen LogP contribution in [0, 0.1) is 0 Å². The average Bonchev–Trinajstić information content (AvgIpc) is 2.36. The molecule has 0 saturated carbocycles. The fourth-order valence-electron chi connectivity index (χ4n) is 2.02. The van der Waals surface area contributed by atoms with Crippen LogP contribution in [-0.2, 0) is 0 Å². The summed E-state index contributed by atoms with van der Waals surface area (Å²) in [4.78, 5) is 0. The van der Waals surface area contributed by atoms with Gasteiger partial charge in [-0.3, -0.25) is 0 Å². The van der Waals surface area contributed by atoms with Gasteiger partial charge in [-0.25, -0.2) is 0 Å². The number of benzene rings is 1. The van der Waals surface area contributed by atoms with Crippen LogP contribution in [0.4, 0.5) is 0 Å². The lowest BCUT2D eigenvalue weighted by Crippen LogP contribution is -2.00. The normalized spacial score (nSPS) is 11.8. The second kappa shape index (κ2) is 9.00. The third-order valence-electron chi connectivity index (χ3n) is 2.99. The van der Waals surface area contributed by atoms with E-state index in [9.17, 15) is 0 Å². The van der Waals surface area contributed by atoms with Gasteiger partial charge in [0.1, 0.15) is 0 Å². The lowest BCUT2D eigenvalue weighted by molar-refractivity contribution is 0.656. The molecule has 1 aromatic rings. The maximum Gasteiger partial charge on any atom is -0.00398 e. The van der Waals surface area contributed by atoms with Gasteiger partial charge in [-0.2, -0.15) is 0 Å². The lowest BCUT2D eigenvalue weighted by Gasteiger charge is -2.06. The minimum absolute atomic E-state index is 0.756. The minimum Gasteiger partial charge on any atom is -0.330 e. The average molecular weight is 231 g/mol. The fraction of sp³-hybridized carbons (Fsp3) is 0.500. The highest BCUT2D eigenvalue weighted by Crippen LogP contribution is 2.16. The van der Waals surface area contributed by atoms with Gasteiger partial charge in [0.25, 0.3) is 0 Å². The molecule has 1 rings (SSSR count). The van der Waals surface area contributed by atoms with Crippen LogP contribution in [0.5, 0.6) is 0 Å². The zero-order valence-corrected chi connectivity index (χ0v) is 11.0. The predicted molar refractivity (Wildman–Crippen MR) is 76.8 cm³/mol. The Labute approximate surface area is 106 Å². The molecular weight excluding hydrogens is 206 g/mol. The summed E-state index contributed by atoms with van der Waals surface area (Å²) >= 11 is 0. The van der Waals surface area contributed by atoms with Crippen LogP contribution in [0.2, 0.25) is 0 Å². The minimum atomic E-state index is 0.756. The molecule has 0 saturated heterocycles. The standard InChI is InChI=1S/C16H25N/c1-2-3-4-6-11-16(12-13-17)14-15-9-7-5-8-10-15/h5,7-10,14H,2-4,6,11-13,17H2,1H3/b16-14+. The van der Waals surface area contributed by atoms with Crippen molar-refractivity contribution in [1.29, 1.82) is 0 Å². The Morgan fingerprint density at radius 3 is 2.47 bits per heavy atom. The SMILES string of the molecule is CCCCCC/C(=C\c1ccccc1)CCN. The lowest BCUT2D eigenvalue weighted by atomic mass is 10.0. The maximum absolute atomic E-state index is 5.67. The molecule has 0 aromatic heterocycles. The molecule has 0 atom stereocenters. The molecule has 0 fully saturated rings. The molecule has 1 heteroatoms. The summed E-state index contributed by atoms with van der Waals surface area (Å²) in [6, 6.07) is 10.5. The monoisotopic (exact) mass is 231 g/mol. The Hall–Kier alpha value is -1.08. The first-order valence-corrected chi connectivity index (χ1v) is 6.81. The Morgan fingerprint density at radius 2 is 1.82 bits per heavy atom. The highest BCUT2D eigenvalue weighted by Gasteiger charge is 1.98. The van der Waals surface area contributed by atoms with Gasteiger partial charge in [-0.15, -0.1) is 0 Å². The number of rotatable bonds is 8. The molecule has 0 heterocycles. The molecule has 94 valence electrons. The van der Waals surface area contributed by atoms with E-state index in [0.717, 1.165) is 13.0 Å². The van der Waals surface area contributed by atoms with Gasteiger partial charge in [0, 0.05) is 0 Å². The van der Waals surface area contributed by atoms with E-state index in [2.05, 4.69) is 43.3 Å². The Balaban J connectivity index is 2.50. The van der Waals surface area contributed by atoms with Crippen LogP contribution in [-0.4, -0.2) is 6.54 Å². The van der Waals surface area contributed by atoms with Crippen LogP contribution < -0.4 is 5.73 Å². The van der Waals surface area contributed by atoms with E-state index in [1.54, 1.807) is 0 Å². The van der Waals surface area contributed by atoms with Crippen LogP contribution >= 0.6 is 0 Å². The summed E-state index contributed by atoms with van der Waals surface area (Å²) < 4.78 is 0. The van der Waals surface area contributed by atoms with E-state index in [1.807, 2.05) is 0 Å². The smallest absolute Gasteiger partial charge is 0.00398 e. The molecule has 0 unspecified atom stereocenters. The molecule has 0 spiro atoms. The van der Waals surface area contributed by atoms with Crippen molar-refractivity contribution in [2.24, 2.45) is 5.73 Å². The van der Waals surface area contributed by atoms with Crippen molar-refractivity contribution in [2.75, 3.05) is 6.54 Å².